The van der Waals surface area contributed by atoms with Crippen molar-refractivity contribution in [2.24, 2.45) is 0 Å². The maximum absolute atomic E-state index is 12.3. The van der Waals surface area contributed by atoms with Crippen molar-refractivity contribution in [3.8, 4) is 0 Å². The van der Waals surface area contributed by atoms with Crippen LogP contribution in [0.2, 0.25) is 0 Å². The van der Waals surface area contributed by atoms with Crippen molar-refractivity contribution >= 4 is 38.7 Å². The Morgan fingerprint density at radius 3 is 2.62 bits per heavy atom. The number of benzene rings is 1. The third-order valence-corrected chi connectivity index (χ3v) is 7.79. The number of rotatable bonds is 6. The molecule has 1 aliphatic rings. The van der Waals surface area contributed by atoms with E-state index in [1.165, 1.54) is 10.4 Å². The fourth-order valence-corrected chi connectivity index (χ4v) is 6.49. The molecule has 1 aromatic carbocycles. The van der Waals surface area contributed by atoms with Crippen molar-refractivity contribution in [2.45, 2.75) is 24.4 Å². The maximum atomic E-state index is 12.3. The largest absolute Gasteiger partial charge is 0.346 e. The first-order valence-corrected chi connectivity index (χ1v) is 11.5. The zero-order valence-corrected chi connectivity index (χ0v) is 16.8. The molecule has 0 unspecified atom stereocenters. The molecule has 2 aromatic rings. The summed E-state index contributed by atoms with van der Waals surface area (Å²) in [5.41, 5.74) is 2.32. The Morgan fingerprint density at radius 1 is 1.31 bits per heavy atom. The highest BCUT2D eigenvalue weighted by Crippen LogP contribution is 2.23. The van der Waals surface area contributed by atoms with E-state index in [1.54, 1.807) is 11.3 Å². The molecule has 1 fully saturated rings. The molecule has 0 saturated carbocycles. The second-order valence-corrected chi connectivity index (χ2v) is 10.3. The van der Waals surface area contributed by atoms with Gasteiger partial charge in [0.15, 0.2) is 16.4 Å². The normalized spacial score (nSPS) is 22.8. The van der Waals surface area contributed by atoms with E-state index >= 15 is 0 Å². The van der Waals surface area contributed by atoms with Gasteiger partial charge in [0.25, 0.3) is 5.91 Å². The molecule has 8 heteroatoms. The molecule has 0 bridgehead atoms. The van der Waals surface area contributed by atoms with E-state index < -0.39 is 21.3 Å². The van der Waals surface area contributed by atoms with Crippen molar-refractivity contribution in [1.82, 2.24) is 5.32 Å². The van der Waals surface area contributed by atoms with E-state index in [2.05, 4.69) is 35.6 Å². The van der Waals surface area contributed by atoms with Crippen LogP contribution in [0, 0.1) is 6.92 Å². The average molecular weight is 414 g/mol. The summed E-state index contributed by atoms with van der Waals surface area (Å²) in [5, 5.41) is 6.20. The molecule has 3 rings (SSSR count). The Bertz CT molecular complexity index is 851. The van der Waals surface area contributed by atoms with Crippen molar-refractivity contribution in [2.75, 3.05) is 18.1 Å². The molecule has 140 valence electrons. The predicted octanol–water partition coefficient (Wildman–Crippen LogP) is 1.23. The summed E-state index contributed by atoms with van der Waals surface area (Å²) in [6.07, 6.45) is 0. The number of nitrogens with two attached hydrogens (primary N) is 1. The number of aryl methyl sites for hydroxylation is 1. The highest BCUT2D eigenvalue weighted by atomic mass is 35.5. The molecule has 26 heavy (non-hydrogen) atoms. The summed E-state index contributed by atoms with van der Waals surface area (Å²) < 4.78 is 23.2. The SMILES string of the molecule is Cc1ccc([C@@H]([NH2+]CC(=O)N[C@H]2CS(=O)(=O)C[C@@H]2Cl)c2cccs2)cc1. The number of carbonyl (C=O) groups is 1. The fraction of sp³-hybridized carbons (Fsp3) is 0.389. The molecule has 1 aromatic heterocycles. The van der Waals surface area contributed by atoms with E-state index in [9.17, 15) is 13.2 Å². The van der Waals surface area contributed by atoms with E-state index in [4.69, 9.17) is 11.6 Å². The summed E-state index contributed by atoms with van der Waals surface area (Å²) in [7, 11) is -3.16. The molecule has 1 saturated heterocycles. The van der Waals surface area contributed by atoms with Gasteiger partial charge in [-0.3, -0.25) is 4.79 Å². The van der Waals surface area contributed by atoms with Gasteiger partial charge in [-0.05, 0) is 18.4 Å². The molecule has 5 nitrogen and oxygen atoms in total. The van der Waals surface area contributed by atoms with Gasteiger partial charge in [0, 0.05) is 5.56 Å². The Balaban J connectivity index is 1.65. The van der Waals surface area contributed by atoms with Crippen molar-refractivity contribution < 1.29 is 18.5 Å². The van der Waals surface area contributed by atoms with Crippen molar-refractivity contribution in [3.05, 3.63) is 57.8 Å². The first-order valence-electron chi connectivity index (χ1n) is 8.41. The van der Waals surface area contributed by atoms with Crippen molar-refractivity contribution in [1.29, 1.82) is 0 Å². The highest BCUT2D eigenvalue weighted by Gasteiger charge is 2.37. The van der Waals surface area contributed by atoms with Gasteiger partial charge in [-0.2, -0.15) is 0 Å². The minimum atomic E-state index is -3.16. The van der Waals surface area contributed by atoms with Gasteiger partial charge in [0.2, 0.25) is 0 Å². The van der Waals surface area contributed by atoms with Gasteiger partial charge in [-0.15, -0.1) is 22.9 Å². The molecule has 1 aliphatic heterocycles. The van der Waals surface area contributed by atoms with Crippen LogP contribution in [-0.2, 0) is 14.6 Å². The third kappa shape index (κ3) is 4.85. The third-order valence-electron chi connectivity index (χ3n) is 4.45. The van der Waals surface area contributed by atoms with Crippen LogP contribution in [0.4, 0.5) is 0 Å². The molecular weight excluding hydrogens is 392 g/mol. The standard InChI is InChI=1S/C18H21ClN2O3S2/c1-12-4-6-13(7-5-12)18(16-3-2-8-25-16)20-9-17(22)21-15-11-26(23,24)10-14(15)19/h2-8,14-15,18,20H,9-11H2,1H3,(H,21,22)/p+1/t14-,15-,18+/m0/s1. The average Bonchev–Trinajstić information content (AvgIpc) is 3.17. The van der Waals surface area contributed by atoms with Crippen LogP contribution < -0.4 is 10.6 Å². The monoisotopic (exact) mass is 413 g/mol. The van der Waals surface area contributed by atoms with Crippen LogP contribution in [0.25, 0.3) is 0 Å². The Kier molecular flexibility index (Phi) is 6.02. The number of hydrogen-bond donors (Lipinski definition) is 2. The van der Waals surface area contributed by atoms with Crippen LogP contribution >= 0.6 is 22.9 Å². The van der Waals surface area contributed by atoms with E-state index in [-0.39, 0.29) is 30.0 Å². The molecule has 0 radical (unpaired) electrons. The second kappa shape index (κ2) is 8.08. The number of quaternary nitrogens is 1. The lowest BCUT2D eigenvalue weighted by Gasteiger charge is -2.17. The first kappa shape index (κ1) is 19.4. The minimum Gasteiger partial charge on any atom is -0.346 e. The lowest BCUT2D eigenvalue weighted by atomic mass is 10.0. The highest BCUT2D eigenvalue weighted by molar-refractivity contribution is 7.91. The van der Waals surface area contributed by atoms with Gasteiger partial charge < -0.3 is 10.6 Å². The Labute approximate surface area is 162 Å². The summed E-state index contributed by atoms with van der Waals surface area (Å²) >= 11 is 7.71. The van der Waals surface area contributed by atoms with Crippen LogP contribution in [0.3, 0.4) is 0 Å². The summed E-state index contributed by atoms with van der Waals surface area (Å²) in [6.45, 7) is 2.25. The predicted molar refractivity (Wildman–Crippen MR) is 104 cm³/mol. The molecule has 2 heterocycles. The number of thiophene rings is 1. The fourth-order valence-electron chi connectivity index (χ4n) is 3.09. The molecule has 3 N–H and O–H groups in total. The summed E-state index contributed by atoms with van der Waals surface area (Å²) in [4.78, 5) is 13.5. The summed E-state index contributed by atoms with van der Waals surface area (Å²) in [5.74, 6) is -0.365. The van der Waals surface area contributed by atoms with E-state index in [1.807, 2.05) is 23.7 Å². The number of halogens is 1. The number of nitrogens with one attached hydrogen (secondary N) is 1. The van der Waals surface area contributed by atoms with E-state index in [0.717, 1.165) is 5.56 Å². The van der Waals surface area contributed by atoms with Gasteiger partial charge in [-0.25, -0.2) is 8.42 Å². The van der Waals surface area contributed by atoms with Crippen LogP contribution in [-0.4, -0.2) is 43.8 Å². The quantitative estimate of drug-likeness (QED) is 0.699. The van der Waals surface area contributed by atoms with Gasteiger partial charge >= 0.3 is 0 Å². The number of hydrogen-bond acceptors (Lipinski definition) is 4. The molecule has 0 aliphatic carbocycles. The smallest absolute Gasteiger partial charge is 0.275 e. The number of sulfone groups is 1. The first-order chi connectivity index (χ1) is 12.3. The lowest BCUT2D eigenvalue weighted by Crippen LogP contribution is -2.87. The van der Waals surface area contributed by atoms with Crippen LogP contribution in [0.1, 0.15) is 22.0 Å². The van der Waals surface area contributed by atoms with Crippen LogP contribution in [0.15, 0.2) is 41.8 Å². The Morgan fingerprint density at radius 2 is 2.04 bits per heavy atom. The van der Waals surface area contributed by atoms with Crippen LogP contribution in [0.5, 0.6) is 0 Å². The molecule has 3 atom stereocenters. The zero-order chi connectivity index (χ0) is 18.7. The number of alkyl halides is 1. The topological polar surface area (TPSA) is 79.8 Å². The molecular formula is C18H22ClN2O3S2+. The lowest BCUT2D eigenvalue weighted by molar-refractivity contribution is -0.676. The zero-order valence-electron chi connectivity index (χ0n) is 14.4. The maximum Gasteiger partial charge on any atom is 0.275 e. The second-order valence-electron chi connectivity index (χ2n) is 6.61. The molecule has 1 amide bonds. The minimum absolute atomic E-state index is 0.0282. The number of carbonyl (C=O) groups excluding carboxylic acids is 1. The summed E-state index contributed by atoms with van der Waals surface area (Å²) in [6, 6.07) is 11.8. The number of amides is 1. The molecule has 0 spiro atoms. The van der Waals surface area contributed by atoms with E-state index in [0.29, 0.717) is 0 Å². The van der Waals surface area contributed by atoms with Gasteiger partial charge in [0.1, 0.15) is 6.04 Å². The van der Waals surface area contributed by atoms with Gasteiger partial charge in [-0.1, -0.05) is 35.9 Å². The Hall–Kier alpha value is -1.41. The van der Waals surface area contributed by atoms with Gasteiger partial charge in [0.05, 0.1) is 27.8 Å². The van der Waals surface area contributed by atoms with Crippen molar-refractivity contribution in [3.63, 3.8) is 0 Å².